The normalized spacial score (nSPS) is 10.5. The number of hydrogen-bond donors (Lipinski definition) is 2. The minimum Gasteiger partial charge on any atom is -0.497 e. The van der Waals surface area contributed by atoms with Crippen molar-refractivity contribution in [2.45, 2.75) is 6.54 Å². The molecule has 0 radical (unpaired) electrons. The molecular weight excluding hydrogens is 264 g/mol. The predicted molar refractivity (Wildman–Crippen MR) is 84.9 cm³/mol. The monoisotopic (exact) mass is 280 g/mol. The summed E-state index contributed by atoms with van der Waals surface area (Å²) in [6.07, 6.45) is 0. The van der Waals surface area contributed by atoms with E-state index in [0.717, 1.165) is 22.3 Å². The lowest BCUT2D eigenvalue weighted by Crippen LogP contribution is -2.15. The number of nitrogens with one attached hydrogen (secondary N) is 2. The van der Waals surface area contributed by atoms with Crippen molar-refractivity contribution in [3.8, 4) is 5.75 Å². The minimum absolute atomic E-state index is 0.0841. The van der Waals surface area contributed by atoms with Crippen LogP contribution in [-0.2, 0) is 6.54 Å². The molecule has 0 spiro atoms. The van der Waals surface area contributed by atoms with Crippen LogP contribution in [0.5, 0.6) is 5.75 Å². The van der Waals surface area contributed by atoms with Gasteiger partial charge in [-0.25, -0.2) is 0 Å². The van der Waals surface area contributed by atoms with Crippen LogP contribution in [0, 0.1) is 0 Å². The van der Waals surface area contributed by atoms with Crippen molar-refractivity contribution in [1.29, 1.82) is 0 Å². The Morgan fingerprint density at radius 1 is 1.10 bits per heavy atom. The largest absolute Gasteiger partial charge is 0.497 e. The first-order valence-electron chi connectivity index (χ1n) is 6.75. The molecule has 3 aromatic rings. The summed E-state index contributed by atoms with van der Waals surface area (Å²) in [5, 5.41) is 4.23. The van der Waals surface area contributed by atoms with Crippen molar-refractivity contribution < 1.29 is 4.74 Å². The first-order valence-corrected chi connectivity index (χ1v) is 6.75. The van der Waals surface area contributed by atoms with Gasteiger partial charge in [0.25, 0.3) is 5.56 Å². The van der Waals surface area contributed by atoms with Gasteiger partial charge in [-0.1, -0.05) is 18.2 Å². The minimum atomic E-state index is -0.0841. The molecule has 21 heavy (non-hydrogen) atoms. The number of H-pyrrole nitrogens is 1. The number of hydrogen-bond acceptors (Lipinski definition) is 3. The van der Waals surface area contributed by atoms with E-state index in [0.29, 0.717) is 12.1 Å². The van der Waals surface area contributed by atoms with Gasteiger partial charge >= 0.3 is 0 Å². The molecule has 1 heterocycles. The van der Waals surface area contributed by atoms with Gasteiger partial charge in [-0.05, 0) is 35.7 Å². The summed E-state index contributed by atoms with van der Waals surface area (Å²) >= 11 is 0. The zero-order valence-electron chi connectivity index (χ0n) is 11.7. The van der Waals surface area contributed by atoms with Gasteiger partial charge in [-0.2, -0.15) is 0 Å². The van der Waals surface area contributed by atoms with Gasteiger partial charge in [-0.3, -0.25) is 4.79 Å². The highest BCUT2D eigenvalue weighted by Crippen LogP contribution is 2.18. The van der Waals surface area contributed by atoms with Crippen molar-refractivity contribution in [3.05, 3.63) is 70.5 Å². The van der Waals surface area contributed by atoms with Gasteiger partial charge in [0.05, 0.1) is 12.6 Å². The molecule has 2 N–H and O–H groups in total. The molecule has 0 saturated heterocycles. The molecule has 0 aliphatic carbocycles. The van der Waals surface area contributed by atoms with Crippen LogP contribution in [0.15, 0.2) is 59.4 Å². The van der Waals surface area contributed by atoms with Crippen LogP contribution >= 0.6 is 0 Å². The van der Waals surface area contributed by atoms with Crippen molar-refractivity contribution in [2.75, 3.05) is 12.4 Å². The maximum absolute atomic E-state index is 12.1. The molecule has 0 bridgehead atoms. The van der Waals surface area contributed by atoms with Crippen molar-refractivity contribution in [2.24, 2.45) is 0 Å². The molecule has 0 aliphatic heterocycles. The van der Waals surface area contributed by atoms with E-state index in [1.54, 1.807) is 7.11 Å². The zero-order chi connectivity index (χ0) is 14.7. The third kappa shape index (κ3) is 2.89. The smallest absolute Gasteiger partial charge is 0.253 e. The fraction of sp³-hybridized carbons (Fsp3) is 0.118. The first kappa shape index (κ1) is 13.2. The summed E-state index contributed by atoms with van der Waals surface area (Å²) in [5.41, 5.74) is 2.39. The Morgan fingerprint density at radius 2 is 1.90 bits per heavy atom. The number of ether oxygens (including phenoxy) is 1. The number of benzene rings is 2. The number of aromatic amines is 1. The SMILES string of the molecule is COc1ccc2cc(CNc3ccccc3)c(=O)[nH]c2c1. The van der Waals surface area contributed by atoms with Crippen molar-refractivity contribution in [1.82, 2.24) is 4.98 Å². The summed E-state index contributed by atoms with van der Waals surface area (Å²) in [5.74, 6) is 0.730. The van der Waals surface area contributed by atoms with E-state index in [-0.39, 0.29) is 5.56 Å². The van der Waals surface area contributed by atoms with Gasteiger partial charge in [0.1, 0.15) is 5.75 Å². The van der Waals surface area contributed by atoms with E-state index in [9.17, 15) is 4.79 Å². The Balaban J connectivity index is 1.89. The number of fused-ring (bicyclic) bond motifs is 1. The zero-order valence-corrected chi connectivity index (χ0v) is 11.7. The molecule has 4 heteroatoms. The number of pyridine rings is 1. The second kappa shape index (κ2) is 5.71. The van der Waals surface area contributed by atoms with E-state index in [4.69, 9.17) is 4.74 Å². The molecule has 0 fully saturated rings. The van der Waals surface area contributed by atoms with Crippen molar-refractivity contribution >= 4 is 16.6 Å². The standard InChI is InChI=1S/C17H16N2O2/c1-21-15-8-7-12-9-13(17(20)19-16(12)10-15)11-18-14-5-3-2-4-6-14/h2-10,18H,11H2,1H3,(H,19,20). The average molecular weight is 280 g/mol. The Hall–Kier alpha value is -2.75. The summed E-state index contributed by atoms with van der Waals surface area (Å²) in [7, 11) is 1.61. The van der Waals surface area contributed by atoms with Crippen molar-refractivity contribution in [3.63, 3.8) is 0 Å². The quantitative estimate of drug-likeness (QED) is 0.772. The van der Waals surface area contributed by atoms with E-state index < -0.39 is 0 Å². The number of para-hydroxylation sites is 1. The first-order chi connectivity index (χ1) is 10.3. The molecule has 0 atom stereocenters. The Labute approximate surface area is 122 Å². The van der Waals surface area contributed by atoms with Crippen LogP contribution in [0.2, 0.25) is 0 Å². The van der Waals surface area contributed by atoms with Crippen LogP contribution in [0.25, 0.3) is 10.9 Å². The lowest BCUT2D eigenvalue weighted by Gasteiger charge is -2.07. The van der Waals surface area contributed by atoms with Gasteiger partial charge in [0, 0.05) is 23.9 Å². The molecule has 0 saturated carbocycles. The van der Waals surface area contributed by atoms with E-state index in [1.807, 2.05) is 54.6 Å². The second-order valence-electron chi connectivity index (χ2n) is 4.80. The second-order valence-corrected chi connectivity index (χ2v) is 4.80. The molecule has 106 valence electrons. The predicted octanol–water partition coefficient (Wildman–Crippen LogP) is 3.15. The molecule has 0 amide bonds. The third-order valence-electron chi connectivity index (χ3n) is 3.39. The molecule has 1 aromatic heterocycles. The summed E-state index contributed by atoms with van der Waals surface area (Å²) in [6, 6.07) is 17.4. The Kier molecular flexibility index (Phi) is 3.60. The molecular formula is C17H16N2O2. The highest BCUT2D eigenvalue weighted by atomic mass is 16.5. The fourth-order valence-corrected chi connectivity index (χ4v) is 2.24. The van der Waals surface area contributed by atoms with Crippen LogP contribution in [0.3, 0.4) is 0 Å². The van der Waals surface area contributed by atoms with Crippen LogP contribution in [0.4, 0.5) is 5.69 Å². The van der Waals surface area contributed by atoms with E-state index in [2.05, 4.69) is 10.3 Å². The number of anilines is 1. The van der Waals surface area contributed by atoms with Gasteiger partial charge < -0.3 is 15.0 Å². The molecule has 3 rings (SSSR count). The highest BCUT2D eigenvalue weighted by molar-refractivity contribution is 5.80. The van der Waals surface area contributed by atoms with Gasteiger partial charge in [0.2, 0.25) is 0 Å². The fourth-order valence-electron chi connectivity index (χ4n) is 2.24. The summed E-state index contributed by atoms with van der Waals surface area (Å²) < 4.78 is 5.16. The maximum atomic E-state index is 12.1. The third-order valence-corrected chi connectivity index (χ3v) is 3.39. The molecule has 4 nitrogen and oxygen atoms in total. The Bertz CT molecular complexity index is 810. The maximum Gasteiger partial charge on any atom is 0.253 e. The van der Waals surface area contributed by atoms with Crippen LogP contribution in [0.1, 0.15) is 5.56 Å². The molecule has 2 aromatic carbocycles. The topological polar surface area (TPSA) is 54.1 Å². The van der Waals surface area contributed by atoms with Gasteiger partial charge in [0.15, 0.2) is 0 Å². The number of aromatic nitrogens is 1. The van der Waals surface area contributed by atoms with E-state index >= 15 is 0 Å². The van der Waals surface area contributed by atoms with Crippen LogP contribution in [-0.4, -0.2) is 12.1 Å². The number of methoxy groups -OCH3 is 1. The molecule has 0 aliphatic rings. The summed E-state index contributed by atoms with van der Waals surface area (Å²) in [6.45, 7) is 0.487. The average Bonchev–Trinajstić information content (AvgIpc) is 2.53. The van der Waals surface area contributed by atoms with Gasteiger partial charge in [-0.15, -0.1) is 0 Å². The number of rotatable bonds is 4. The van der Waals surface area contributed by atoms with Crippen LogP contribution < -0.4 is 15.6 Å². The highest BCUT2D eigenvalue weighted by Gasteiger charge is 2.04. The Morgan fingerprint density at radius 3 is 2.67 bits per heavy atom. The molecule has 0 unspecified atom stereocenters. The van der Waals surface area contributed by atoms with E-state index in [1.165, 1.54) is 0 Å². The lowest BCUT2D eigenvalue weighted by atomic mass is 10.1. The summed E-state index contributed by atoms with van der Waals surface area (Å²) in [4.78, 5) is 15.0. The lowest BCUT2D eigenvalue weighted by molar-refractivity contribution is 0.415.